The lowest BCUT2D eigenvalue weighted by Crippen LogP contribution is -2.17. The molecule has 1 heterocycles. The van der Waals surface area contributed by atoms with Crippen LogP contribution in [0.3, 0.4) is 0 Å². The molecule has 1 aromatic heterocycles. The molecule has 0 saturated heterocycles. The van der Waals surface area contributed by atoms with Gasteiger partial charge in [-0.1, -0.05) is 48.5 Å². The van der Waals surface area contributed by atoms with Crippen LogP contribution in [0.5, 0.6) is 0 Å². The number of aliphatic hydroxyl groups excluding tert-OH is 1. The molecule has 0 spiro atoms. The maximum atomic E-state index is 8.94. The molecule has 0 saturated carbocycles. The molecule has 0 bridgehead atoms. The highest BCUT2D eigenvalue weighted by Crippen LogP contribution is 2.33. The Morgan fingerprint density at radius 3 is 2.54 bits per heavy atom. The lowest BCUT2D eigenvalue weighted by atomic mass is 9.96. The van der Waals surface area contributed by atoms with Crippen molar-refractivity contribution in [3.05, 3.63) is 77.4 Å². The fraction of sp³-hybridized carbons (Fsp3) is 0.208. The predicted octanol–water partition coefficient (Wildman–Crippen LogP) is 4.86. The minimum Gasteiger partial charge on any atom is -0.436 e. The van der Waals surface area contributed by atoms with Gasteiger partial charge in [-0.2, -0.15) is 0 Å². The van der Waals surface area contributed by atoms with Gasteiger partial charge in [-0.3, -0.25) is 0 Å². The molecule has 28 heavy (non-hydrogen) atoms. The number of nitrogens with one attached hydrogen (secondary N) is 1. The zero-order valence-corrected chi connectivity index (χ0v) is 16.2. The molecule has 0 radical (unpaired) electrons. The van der Waals surface area contributed by atoms with E-state index in [1.165, 1.54) is 11.1 Å². The van der Waals surface area contributed by atoms with E-state index in [1.807, 2.05) is 13.0 Å². The molecule has 0 aliphatic rings. The number of benzene rings is 3. The number of nitrogens with zero attached hydrogens (tertiary/aromatic N) is 1. The van der Waals surface area contributed by atoms with E-state index in [1.54, 1.807) is 0 Å². The van der Waals surface area contributed by atoms with Crippen LogP contribution >= 0.6 is 0 Å². The molecule has 4 aromatic rings. The van der Waals surface area contributed by atoms with Crippen molar-refractivity contribution in [3.8, 4) is 22.6 Å². The number of aryl methyl sites for hydroxylation is 1. The summed E-state index contributed by atoms with van der Waals surface area (Å²) in [7, 11) is 0. The summed E-state index contributed by atoms with van der Waals surface area (Å²) in [5, 5.41) is 12.1. The third-order valence-electron chi connectivity index (χ3n) is 5.00. The minimum absolute atomic E-state index is 0.131. The van der Waals surface area contributed by atoms with Gasteiger partial charge in [0.05, 0.1) is 6.61 Å². The van der Waals surface area contributed by atoms with E-state index in [0.717, 1.165) is 33.4 Å². The third-order valence-corrected chi connectivity index (χ3v) is 5.00. The van der Waals surface area contributed by atoms with E-state index in [-0.39, 0.29) is 6.61 Å². The summed E-state index contributed by atoms with van der Waals surface area (Å²) in [4.78, 5) is 4.78. The fourth-order valence-corrected chi connectivity index (χ4v) is 3.60. The molecule has 0 aliphatic carbocycles. The average molecular weight is 372 g/mol. The molecule has 0 aliphatic heterocycles. The fourth-order valence-electron chi connectivity index (χ4n) is 3.60. The minimum atomic E-state index is 0.131. The van der Waals surface area contributed by atoms with Crippen LogP contribution in [0, 0.1) is 13.8 Å². The van der Waals surface area contributed by atoms with Crippen molar-refractivity contribution in [2.24, 2.45) is 0 Å². The van der Waals surface area contributed by atoms with Crippen LogP contribution in [0.1, 0.15) is 16.7 Å². The van der Waals surface area contributed by atoms with Crippen LogP contribution < -0.4 is 5.32 Å². The quantitative estimate of drug-likeness (QED) is 0.475. The third kappa shape index (κ3) is 3.57. The van der Waals surface area contributed by atoms with E-state index >= 15 is 0 Å². The van der Waals surface area contributed by atoms with Crippen LogP contribution in [-0.4, -0.2) is 23.2 Å². The Morgan fingerprint density at radius 2 is 1.75 bits per heavy atom. The lowest BCUT2D eigenvalue weighted by molar-refractivity contribution is 0.292. The van der Waals surface area contributed by atoms with Crippen molar-refractivity contribution >= 4 is 11.1 Å². The average Bonchev–Trinajstić information content (AvgIpc) is 3.13. The molecular formula is C24H24N2O2. The van der Waals surface area contributed by atoms with Gasteiger partial charge in [0, 0.05) is 18.7 Å². The number of fused-ring (bicyclic) bond motifs is 1. The second-order valence-electron chi connectivity index (χ2n) is 7.02. The first-order chi connectivity index (χ1) is 13.7. The summed E-state index contributed by atoms with van der Waals surface area (Å²) < 4.78 is 6.17. The predicted molar refractivity (Wildman–Crippen MR) is 113 cm³/mol. The summed E-state index contributed by atoms with van der Waals surface area (Å²) in [6, 6.07) is 20.8. The van der Waals surface area contributed by atoms with Gasteiger partial charge < -0.3 is 14.8 Å². The van der Waals surface area contributed by atoms with Crippen LogP contribution in [0.15, 0.2) is 65.1 Å². The highest BCUT2D eigenvalue weighted by atomic mass is 16.3. The van der Waals surface area contributed by atoms with E-state index in [0.29, 0.717) is 19.0 Å². The second-order valence-corrected chi connectivity index (χ2v) is 7.02. The summed E-state index contributed by atoms with van der Waals surface area (Å²) in [5.74, 6) is 0.647. The Bertz CT molecular complexity index is 1100. The molecule has 4 rings (SSSR count). The Morgan fingerprint density at radius 1 is 0.964 bits per heavy atom. The van der Waals surface area contributed by atoms with Gasteiger partial charge in [0.15, 0.2) is 5.58 Å². The van der Waals surface area contributed by atoms with Crippen LogP contribution in [0.2, 0.25) is 0 Å². The zero-order valence-electron chi connectivity index (χ0n) is 16.2. The first kappa shape index (κ1) is 18.4. The van der Waals surface area contributed by atoms with Crippen molar-refractivity contribution in [1.82, 2.24) is 10.3 Å². The van der Waals surface area contributed by atoms with E-state index in [9.17, 15) is 0 Å². The van der Waals surface area contributed by atoms with Crippen molar-refractivity contribution < 1.29 is 9.52 Å². The molecule has 2 N–H and O–H groups in total. The Kier molecular flexibility index (Phi) is 5.24. The molecule has 3 aromatic carbocycles. The normalized spacial score (nSPS) is 11.2. The number of hydrogen-bond donors (Lipinski definition) is 2. The molecule has 0 atom stereocenters. The molecular weight excluding hydrogens is 348 g/mol. The van der Waals surface area contributed by atoms with Crippen LogP contribution in [0.25, 0.3) is 33.7 Å². The monoisotopic (exact) mass is 372 g/mol. The maximum Gasteiger partial charge on any atom is 0.227 e. The summed E-state index contributed by atoms with van der Waals surface area (Å²) in [6.07, 6.45) is 0. The standard InChI is InChI=1S/C24H24N2O2/c1-16-13-18(15-25-11-12-27)14-22-23(16)28-24(26-22)21-10-6-9-20(17(21)2)19-7-4-3-5-8-19/h3-10,13-14,25,27H,11-12,15H2,1-2H3. The lowest BCUT2D eigenvalue weighted by Gasteiger charge is -2.09. The van der Waals surface area contributed by atoms with Crippen LogP contribution in [-0.2, 0) is 6.54 Å². The van der Waals surface area contributed by atoms with Gasteiger partial charge in [0.2, 0.25) is 5.89 Å². The highest BCUT2D eigenvalue weighted by Gasteiger charge is 2.15. The van der Waals surface area contributed by atoms with Crippen molar-refractivity contribution in [1.29, 1.82) is 0 Å². The molecule has 4 heteroatoms. The Hall–Kier alpha value is -2.95. The van der Waals surface area contributed by atoms with E-state index in [4.69, 9.17) is 14.5 Å². The largest absolute Gasteiger partial charge is 0.436 e. The number of oxazole rings is 1. The Balaban J connectivity index is 1.74. The van der Waals surface area contributed by atoms with Crippen molar-refractivity contribution in [2.75, 3.05) is 13.2 Å². The van der Waals surface area contributed by atoms with Crippen LogP contribution in [0.4, 0.5) is 0 Å². The van der Waals surface area contributed by atoms with Crippen molar-refractivity contribution in [3.63, 3.8) is 0 Å². The second kappa shape index (κ2) is 7.97. The Labute approximate surface area is 164 Å². The van der Waals surface area contributed by atoms with Crippen molar-refractivity contribution in [2.45, 2.75) is 20.4 Å². The maximum absolute atomic E-state index is 8.94. The number of hydrogen-bond acceptors (Lipinski definition) is 4. The topological polar surface area (TPSA) is 58.3 Å². The smallest absolute Gasteiger partial charge is 0.227 e. The summed E-state index contributed by atoms with van der Waals surface area (Å²) in [5.41, 5.74) is 8.42. The summed E-state index contributed by atoms with van der Waals surface area (Å²) >= 11 is 0. The molecule has 0 unspecified atom stereocenters. The van der Waals surface area contributed by atoms with E-state index < -0.39 is 0 Å². The van der Waals surface area contributed by atoms with Gasteiger partial charge in [-0.15, -0.1) is 0 Å². The SMILES string of the molecule is Cc1c(-c2ccccc2)cccc1-c1nc2cc(CNCCO)cc(C)c2o1. The zero-order chi connectivity index (χ0) is 19.5. The van der Waals surface area contributed by atoms with Gasteiger partial charge in [-0.25, -0.2) is 4.98 Å². The molecule has 142 valence electrons. The highest BCUT2D eigenvalue weighted by molar-refractivity contribution is 5.82. The van der Waals surface area contributed by atoms with Gasteiger partial charge in [0.1, 0.15) is 5.52 Å². The van der Waals surface area contributed by atoms with Gasteiger partial charge in [0.25, 0.3) is 0 Å². The first-order valence-electron chi connectivity index (χ1n) is 9.54. The number of aromatic nitrogens is 1. The molecule has 0 fully saturated rings. The molecule has 0 amide bonds. The number of rotatable bonds is 6. The summed E-state index contributed by atoms with van der Waals surface area (Å²) in [6.45, 7) is 5.56. The first-order valence-corrected chi connectivity index (χ1v) is 9.54. The van der Waals surface area contributed by atoms with Gasteiger partial charge in [-0.05, 0) is 53.8 Å². The molecule has 4 nitrogen and oxygen atoms in total. The van der Waals surface area contributed by atoms with E-state index in [2.05, 4.69) is 66.8 Å². The van der Waals surface area contributed by atoms with Gasteiger partial charge >= 0.3 is 0 Å². The number of aliphatic hydroxyl groups is 1.